The lowest BCUT2D eigenvalue weighted by molar-refractivity contribution is 0.179. The zero-order valence-corrected chi connectivity index (χ0v) is 10.1. The Bertz CT molecular complexity index is 124. The molecule has 0 amide bonds. The SMILES string of the molecule is BC(Cl)(Cl)CN(C(C)C)C(C)C. The molecule has 0 atom stereocenters. The van der Waals surface area contributed by atoms with Crippen LogP contribution in [-0.4, -0.2) is 35.6 Å². The van der Waals surface area contributed by atoms with Crippen molar-refractivity contribution in [2.24, 2.45) is 0 Å². The fraction of sp³-hybridized carbons (Fsp3) is 1.00. The minimum Gasteiger partial charge on any atom is -0.296 e. The van der Waals surface area contributed by atoms with E-state index in [1.165, 1.54) is 0 Å². The highest BCUT2D eigenvalue weighted by atomic mass is 35.5. The molecule has 0 heterocycles. The Morgan fingerprint density at radius 3 is 1.58 bits per heavy atom. The van der Waals surface area contributed by atoms with Crippen molar-refractivity contribution in [3.8, 4) is 0 Å². The van der Waals surface area contributed by atoms with Gasteiger partial charge in [0.2, 0.25) is 0 Å². The molecule has 0 radical (unpaired) electrons. The van der Waals surface area contributed by atoms with Crippen LogP contribution in [0.4, 0.5) is 0 Å². The number of halogens is 2. The fourth-order valence-electron chi connectivity index (χ4n) is 1.28. The van der Waals surface area contributed by atoms with Gasteiger partial charge in [-0.2, -0.15) is 0 Å². The summed E-state index contributed by atoms with van der Waals surface area (Å²) >= 11 is 11.9. The molecule has 0 saturated heterocycles. The first-order chi connectivity index (χ1) is 5.24. The summed E-state index contributed by atoms with van der Waals surface area (Å²) in [6.45, 7) is 9.32. The van der Waals surface area contributed by atoms with Crippen LogP contribution in [0.2, 0.25) is 0 Å². The molecule has 0 aromatic rings. The summed E-state index contributed by atoms with van der Waals surface area (Å²) in [7, 11) is 1.83. The Morgan fingerprint density at radius 1 is 1.17 bits per heavy atom. The molecule has 12 heavy (non-hydrogen) atoms. The zero-order valence-electron chi connectivity index (χ0n) is 8.56. The first-order valence-electron chi connectivity index (χ1n) is 4.37. The van der Waals surface area contributed by atoms with E-state index in [0.29, 0.717) is 18.6 Å². The molecule has 0 spiro atoms. The lowest BCUT2D eigenvalue weighted by Gasteiger charge is -2.34. The van der Waals surface area contributed by atoms with E-state index in [0.717, 1.165) is 0 Å². The summed E-state index contributed by atoms with van der Waals surface area (Å²) in [4.78, 5) is 2.28. The molecule has 72 valence electrons. The van der Waals surface area contributed by atoms with Gasteiger partial charge in [-0.25, -0.2) is 0 Å². The second-order valence-corrected chi connectivity index (χ2v) is 5.79. The predicted octanol–water partition coefficient (Wildman–Crippen LogP) is 1.87. The largest absolute Gasteiger partial charge is 0.296 e. The van der Waals surface area contributed by atoms with Crippen molar-refractivity contribution in [3.63, 3.8) is 0 Å². The first-order valence-corrected chi connectivity index (χ1v) is 5.13. The van der Waals surface area contributed by atoms with Crippen molar-refractivity contribution in [1.29, 1.82) is 0 Å². The van der Waals surface area contributed by atoms with Crippen LogP contribution in [0.5, 0.6) is 0 Å². The maximum Gasteiger partial charge on any atom is 0.150 e. The van der Waals surface area contributed by atoms with Crippen LogP contribution in [0.3, 0.4) is 0 Å². The minimum absolute atomic E-state index is 0.488. The van der Waals surface area contributed by atoms with Crippen molar-refractivity contribution in [2.45, 2.75) is 44.0 Å². The lowest BCUT2D eigenvalue weighted by atomic mass is 10.0. The summed E-state index contributed by atoms with van der Waals surface area (Å²) < 4.78 is -0.644. The van der Waals surface area contributed by atoms with E-state index in [-0.39, 0.29) is 0 Å². The van der Waals surface area contributed by atoms with Crippen molar-refractivity contribution in [1.82, 2.24) is 4.90 Å². The van der Waals surface area contributed by atoms with Crippen LogP contribution in [0, 0.1) is 0 Å². The van der Waals surface area contributed by atoms with Gasteiger partial charge in [-0.05, 0) is 27.7 Å². The van der Waals surface area contributed by atoms with Gasteiger partial charge in [0.05, 0.1) is 4.23 Å². The number of hydrogen-bond acceptors (Lipinski definition) is 1. The monoisotopic (exact) mass is 209 g/mol. The normalized spacial score (nSPS) is 13.4. The van der Waals surface area contributed by atoms with Crippen molar-refractivity contribution >= 4 is 31.0 Å². The highest BCUT2D eigenvalue weighted by molar-refractivity contribution is 6.65. The minimum atomic E-state index is -0.644. The van der Waals surface area contributed by atoms with Gasteiger partial charge in [-0.15, -0.1) is 23.2 Å². The Labute approximate surface area is 86.8 Å². The summed E-state index contributed by atoms with van der Waals surface area (Å²) in [5.41, 5.74) is 0. The van der Waals surface area contributed by atoms with E-state index >= 15 is 0 Å². The Morgan fingerprint density at radius 2 is 1.50 bits per heavy atom. The summed E-state index contributed by atoms with van der Waals surface area (Å²) in [5.74, 6) is 0. The van der Waals surface area contributed by atoms with Crippen LogP contribution in [0.15, 0.2) is 0 Å². The molecule has 0 unspecified atom stereocenters. The second kappa shape index (κ2) is 4.73. The average molecular weight is 210 g/mol. The lowest BCUT2D eigenvalue weighted by Crippen LogP contribution is -2.44. The highest BCUT2D eigenvalue weighted by Crippen LogP contribution is 2.20. The Hall–Kier alpha value is 0.605. The average Bonchev–Trinajstić information content (AvgIpc) is 1.79. The third-order valence-corrected chi connectivity index (χ3v) is 2.03. The molecule has 0 N–H and O–H groups in total. The zero-order chi connectivity index (χ0) is 9.94. The van der Waals surface area contributed by atoms with Gasteiger partial charge < -0.3 is 0 Å². The van der Waals surface area contributed by atoms with Gasteiger partial charge in [0.25, 0.3) is 0 Å². The molecule has 0 aliphatic heterocycles. The topological polar surface area (TPSA) is 3.24 Å². The summed E-state index contributed by atoms with van der Waals surface area (Å²) in [6, 6.07) is 0.976. The molecular formula is C8H18BCl2N. The molecule has 0 bridgehead atoms. The van der Waals surface area contributed by atoms with E-state index in [1.807, 2.05) is 7.85 Å². The molecule has 0 aliphatic rings. The van der Waals surface area contributed by atoms with E-state index in [2.05, 4.69) is 32.6 Å². The molecule has 0 aromatic carbocycles. The number of alkyl halides is 2. The van der Waals surface area contributed by atoms with Crippen LogP contribution < -0.4 is 0 Å². The van der Waals surface area contributed by atoms with Gasteiger partial charge in [-0.3, -0.25) is 4.90 Å². The van der Waals surface area contributed by atoms with Crippen LogP contribution >= 0.6 is 23.2 Å². The highest BCUT2D eigenvalue weighted by Gasteiger charge is 2.24. The number of rotatable bonds is 4. The van der Waals surface area contributed by atoms with Crippen LogP contribution in [0.25, 0.3) is 0 Å². The molecule has 0 saturated carbocycles. The molecule has 1 nitrogen and oxygen atoms in total. The molecule has 0 aliphatic carbocycles. The summed E-state index contributed by atoms with van der Waals surface area (Å²) in [5, 5.41) is 0. The molecule has 4 heteroatoms. The van der Waals surface area contributed by atoms with Crippen molar-refractivity contribution in [2.75, 3.05) is 6.54 Å². The standard InChI is InChI=1S/C8H18BCl2N/c1-6(2)12(7(3)4)5-8(9,10)11/h6-7H,5,9H2,1-4H3. The maximum atomic E-state index is 5.94. The maximum absolute atomic E-state index is 5.94. The predicted molar refractivity (Wildman–Crippen MR) is 60.0 cm³/mol. The number of nitrogens with zero attached hydrogens (tertiary/aromatic N) is 1. The van der Waals surface area contributed by atoms with Gasteiger partial charge >= 0.3 is 0 Å². The fourth-order valence-corrected chi connectivity index (χ4v) is 1.56. The first kappa shape index (κ1) is 12.6. The van der Waals surface area contributed by atoms with Gasteiger partial charge in [-0.1, -0.05) is 0 Å². The van der Waals surface area contributed by atoms with Crippen LogP contribution in [0.1, 0.15) is 27.7 Å². The smallest absolute Gasteiger partial charge is 0.150 e. The molecule has 0 aromatic heterocycles. The van der Waals surface area contributed by atoms with Crippen LogP contribution in [-0.2, 0) is 0 Å². The Balaban J connectivity index is 4.15. The van der Waals surface area contributed by atoms with Gasteiger partial charge in [0.1, 0.15) is 7.85 Å². The third-order valence-electron chi connectivity index (χ3n) is 1.79. The quantitative estimate of drug-likeness (QED) is 0.505. The van der Waals surface area contributed by atoms with E-state index in [9.17, 15) is 0 Å². The van der Waals surface area contributed by atoms with Gasteiger partial charge in [0.15, 0.2) is 0 Å². The molecule has 0 fully saturated rings. The molecule has 0 rings (SSSR count). The van der Waals surface area contributed by atoms with E-state index in [1.54, 1.807) is 0 Å². The third kappa shape index (κ3) is 5.29. The van der Waals surface area contributed by atoms with Crippen molar-refractivity contribution in [3.05, 3.63) is 0 Å². The van der Waals surface area contributed by atoms with Crippen molar-refractivity contribution < 1.29 is 0 Å². The van der Waals surface area contributed by atoms with Gasteiger partial charge in [0, 0.05) is 18.6 Å². The summed E-state index contributed by atoms with van der Waals surface area (Å²) in [6.07, 6.45) is 0. The van der Waals surface area contributed by atoms with E-state index < -0.39 is 4.23 Å². The second-order valence-electron chi connectivity index (χ2n) is 3.93. The van der Waals surface area contributed by atoms with E-state index in [4.69, 9.17) is 23.2 Å². The Kier molecular flexibility index (Phi) is 4.97. The number of hydrogen-bond donors (Lipinski definition) is 0. The molecular weight excluding hydrogens is 192 g/mol.